The van der Waals surface area contributed by atoms with E-state index >= 15 is 0 Å². The highest BCUT2D eigenvalue weighted by Gasteiger charge is 2.54. The summed E-state index contributed by atoms with van der Waals surface area (Å²) in [5.41, 5.74) is 2.26. The number of hydrogen-bond acceptors (Lipinski definition) is 3. The van der Waals surface area contributed by atoms with Crippen LogP contribution in [-0.2, 0) is 11.2 Å². The van der Waals surface area contributed by atoms with Crippen LogP contribution in [0.1, 0.15) is 37.3 Å². The average Bonchev–Trinajstić information content (AvgIpc) is 3.10. The Labute approximate surface area is 146 Å². The number of imide groups is 1. The van der Waals surface area contributed by atoms with Crippen molar-refractivity contribution in [3.8, 4) is 0 Å². The Bertz CT molecular complexity index is 718. The molecule has 134 valence electrons. The van der Waals surface area contributed by atoms with Crippen LogP contribution in [-0.4, -0.2) is 30.1 Å². The molecule has 1 saturated carbocycles. The lowest BCUT2D eigenvalue weighted by atomic mass is 9.87. The van der Waals surface area contributed by atoms with Gasteiger partial charge in [0, 0.05) is 18.2 Å². The highest BCUT2D eigenvalue weighted by atomic mass is 16.2. The average molecular weight is 344 g/mol. The Kier molecular flexibility index (Phi) is 4.65. The van der Waals surface area contributed by atoms with E-state index in [9.17, 15) is 14.4 Å². The van der Waals surface area contributed by atoms with Gasteiger partial charge in [-0.05, 0) is 49.4 Å². The van der Waals surface area contributed by atoms with Crippen LogP contribution in [0.15, 0.2) is 18.2 Å². The molecular weight excluding hydrogens is 320 g/mol. The predicted molar refractivity (Wildman–Crippen MR) is 94.3 cm³/mol. The molecule has 2 atom stereocenters. The normalized spacial score (nSPS) is 25.0. The second kappa shape index (κ2) is 6.74. The summed E-state index contributed by atoms with van der Waals surface area (Å²) < 4.78 is 0. The number of urea groups is 2. The van der Waals surface area contributed by atoms with Crippen LogP contribution in [0.3, 0.4) is 0 Å². The van der Waals surface area contributed by atoms with Crippen LogP contribution in [0.5, 0.6) is 0 Å². The Morgan fingerprint density at radius 3 is 2.84 bits per heavy atom. The van der Waals surface area contributed by atoms with Crippen molar-refractivity contribution in [1.82, 2.24) is 16.0 Å². The standard InChI is InChI=1S/C18H24N4O3/c1-3-12-9-14(7-6-11(12)2)20-16(24)19-10-13-5-4-8-18(13)15(23)21-17(25)22-18/h6-7,9,13H,3-5,8,10H2,1-2H3,(H2,19,20,24)(H2,21,22,23,25). The van der Waals surface area contributed by atoms with Gasteiger partial charge in [0.25, 0.3) is 5.91 Å². The first-order valence-electron chi connectivity index (χ1n) is 8.72. The summed E-state index contributed by atoms with van der Waals surface area (Å²) in [5.74, 6) is -0.387. The topological polar surface area (TPSA) is 99.3 Å². The monoisotopic (exact) mass is 344 g/mol. The summed E-state index contributed by atoms with van der Waals surface area (Å²) in [7, 11) is 0. The number of carbonyl (C=O) groups is 3. The third kappa shape index (κ3) is 3.31. The summed E-state index contributed by atoms with van der Waals surface area (Å²) in [6.45, 7) is 4.46. The number of nitrogens with one attached hydrogen (secondary N) is 4. The number of amides is 5. The zero-order chi connectivity index (χ0) is 18.0. The molecule has 1 heterocycles. The largest absolute Gasteiger partial charge is 0.337 e. The molecule has 1 aromatic carbocycles. The molecule has 2 aliphatic rings. The lowest BCUT2D eigenvalue weighted by Gasteiger charge is -2.28. The molecule has 1 spiro atoms. The molecule has 2 unspecified atom stereocenters. The van der Waals surface area contributed by atoms with Gasteiger partial charge >= 0.3 is 12.1 Å². The van der Waals surface area contributed by atoms with Crippen molar-refractivity contribution in [1.29, 1.82) is 0 Å². The summed E-state index contributed by atoms with van der Waals surface area (Å²) in [5, 5.41) is 10.7. The van der Waals surface area contributed by atoms with E-state index in [4.69, 9.17) is 0 Å². The first-order chi connectivity index (χ1) is 11.9. The highest BCUT2D eigenvalue weighted by molar-refractivity contribution is 6.07. The minimum Gasteiger partial charge on any atom is -0.337 e. The Morgan fingerprint density at radius 2 is 2.16 bits per heavy atom. The molecule has 3 rings (SSSR count). The maximum Gasteiger partial charge on any atom is 0.322 e. The molecule has 4 N–H and O–H groups in total. The number of benzene rings is 1. The van der Waals surface area contributed by atoms with Gasteiger partial charge in [0.1, 0.15) is 5.54 Å². The minimum absolute atomic E-state index is 0.103. The molecule has 1 aromatic rings. The van der Waals surface area contributed by atoms with E-state index in [1.807, 2.05) is 25.1 Å². The molecule has 25 heavy (non-hydrogen) atoms. The van der Waals surface area contributed by atoms with Crippen molar-refractivity contribution in [2.24, 2.45) is 5.92 Å². The van der Waals surface area contributed by atoms with Crippen molar-refractivity contribution in [3.05, 3.63) is 29.3 Å². The second-order valence-corrected chi connectivity index (χ2v) is 6.80. The van der Waals surface area contributed by atoms with Gasteiger partial charge in [-0.3, -0.25) is 10.1 Å². The van der Waals surface area contributed by atoms with Crippen molar-refractivity contribution in [2.45, 2.75) is 45.1 Å². The van der Waals surface area contributed by atoms with Gasteiger partial charge in [-0.2, -0.15) is 0 Å². The van der Waals surface area contributed by atoms with E-state index in [0.717, 1.165) is 24.9 Å². The molecule has 1 saturated heterocycles. The molecule has 7 heteroatoms. The quantitative estimate of drug-likeness (QED) is 0.629. The highest BCUT2D eigenvalue weighted by Crippen LogP contribution is 2.37. The Balaban J connectivity index is 1.59. The number of hydrogen-bond donors (Lipinski definition) is 4. The van der Waals surface area contributed by atoms with Crippen molar-refractivity contribution < 1.29 is 14.4 Å². The molecule has 1 aliphatic heterocycles. The van der Waals surface area contributed by atoms with Gasteiger partial charge in [0.05, 0.1) is 0 Å². The van der Waals surface area contributed by atoms with Gasteiger partial charge in [-0.25, -0.2) is 9.59 Å². The molecule has 7 nitrogen and oxygen atoms in total. The van der Waals surface area contributed by atoms with Crippen molar-refractivity contribution in [2.75, 3.05) is 11.9 Å². The molecule has 1 aliphatic carbocycles. The van der Waals surface area contributed by atoms with E-state index < -0.39 is 11.6 Å². The zero-order valence-electron chi connectivity index (χ0n) is 14.6. The predicted octanol–water partition coefficient (Wildman–Crippen LogP) is 2.06. The molecule has 0 aromatic heterocycles. The second-order valence-electron chi connectivity index (χ2n) is 6.80. The first-order valence-corrected chi connectivity index (χ1v) is 8.72. The zero-order valence-corrected chi connectivity index (χ0v) is 14.6. The van der Waals surface area contributed by atoms with E-state index in [2.05, 4.69) is 28.2 Å². The summed E-state index contributed by atoms with van der Waals surface area (Å²) >= 11 is 0. The van der Waals surface area contributed by atoms with Gasteiger partial charge in [-0.15, -0.1) is 0 Å². The van der Waals surface area contributed by atoms with E-state index in [1.54, 1.807) is 0 Å². The van der Waals surface area contributed by atoms with Gasteiger partial charge in [0.2, 0.25) is 0 Å². The maximum atomic E-state index is 12.2. The summed E-state index contributed by atoms with van der Waals surface area (Å²) in [4.78, 5) is 35.8. The summed E-state index contributed by atoms with van der Waals surface area (Å²) in [6, 6.07) is 5.07. The molecule has 0 bridgehead atoms. The van der Waals surface area contributed by atoms with Crippen LogP contribution >= 0.6 is 0 Å². The fourth-order valence-electron chi connectivity index (χ4n) is 3.84. The lowest BCUT2D eigenvalue weighted by molar-refractivity contribution is -0.125. The van der Waals surface area contributed by atoms with E-state index in [0.29, 0.717) is 13.0 Å². The van der Waals surface area contributed by atoms with Crippen LogP contribution in [0, 0.1) is 12.8 Å². The third-order valence-corrected chi connectivity index (χ3v) is 5.29. The Hall–Kier alpha value is -2.57. The van der Waals surface area contributed by atoms with Gasteiger partial charge in [-0.1, -0.05) is 19.4 Å². The minimum atomic E-state index is -0.871. The third-order valence-electron chi connectivity index (χ3n) is 5.29. The van der Waals surface area contributed by atoms with Crippen molar-refractivity contribution >= 4 is 23.7 Å². The number of carbonyl (C=O) groups excluding carboxylic acids is 3. The van der Waals surface area contributed by atoms with Crippen LogP contribution in [0.4, 0.5) is 15.3 Å². The molecule has 2 fully saturated rings. The summed E-state index contributed by atoms with van der Waals surface area (Å²) in [6.07, 6.45) is 3.15. The lowest BCUT2D eigenvalue weighted by Crippen LogP contribution is -2.53. The SMILES string of the molecule is CCc1cc(NC(=O)NCC2CCCC23NC(=O)NC3=O)ccc1C. The fraction of sp³-hybridized carbons (Fsp3) is 0.500. The number of rotatable bonds is 4. The van der Waals surface area contributed by atoms with E-state index in [-0.39, 0.29) is 17.9 Å². The van der Waals surface area contributed by atoms with Crippen LogP contribution in [0.2, 0.25) is 0 Å². The fourth-order valence-corrected chi connectivity index (χ4v) is 3.84. The first kappa shape index (κ1) is 17.3. The molecular formula is C18H24N4O3. The van der Waals surface area contributed by atoms with Crippen LogP contribution < -0.4 is 21.3 Å². The molecule has 0 radical (unpaired) electrons. The Morgan fingerprint density at radius 1 is 1.36 bits per heavy atom. The van der Waals surface area contributed by atoms with Gasteiger partial charge < -0.3 is 16.0 Å². The maximum absolute atomic E-state index is 12.2. The van der Waals surface area contributed by atoms with Crippen LogP contribution in [0.25, 0.3) is 0 Å². The van der Waals surface area contributed by atoms with E-state index in [1.165, 1.54) is 11.1 Å². The number of aryl methyl sites for hydroxylation is 2. The molecule has 5 amide bonds. The van der Waals surface area contributed by atoms with Crippen molar-refractivity contribution in [3.63, 3.8) is 0 Å². The number of anilines is 1. The van der Waals surface area contributed by atoms with Gasteiger partial charge in [0.15, 0.2) is 0 Å². The smallest absolute Gasteiger partial charge is 0.322 e.